The first-order chi connectivity index (χ1) is 8.29. The summed E-state index contributed by atoms with van der Waals surface area (Å²) in [6, 6.07) is 0.000845. The predicted molar refractivity (Wildman–Crippen MR) is 66.3 cm³/mol. The molecule has 0 atom stereocenters. The van der Waals surface area contributed by atoms with Gasteiger partial charge in [-0.3, -0.25) is 4.79 Å². The molecule has 6 nitrogen and oxygen atoms in total. The summed E-state index contributed by atoms with van der Waals surface area (Å²) < 4.78 is 0. The maximum absolute atomic E-state index is 11.9. The fraction of sp³-hybridized carbons (Fsp3) is 0.833. The molecule has 0 heterocycles. The van der Waals surface area contributed by atoms with E-state index in [-0.39, 0.29) is 18.5 Å². The van der Waals surface area contributed by atoms with Gasteiger partial charge in [0.25, 0.3) is 0 Å². The van der Waals surface area contributed by atoms with Crippen molar-refractivity contribution in [3.8, 4) is 0 Å². The Morgan fingerprint density at radius 3 is 2.44 bits per heavy atom. The fourth-order valence-electron chi connectivity index (χ4n) is 1.71. The highest BCUT2D eigenvalue weighted by atomic mass is 16.4. The average Bonchev–Trinajstić information content (AvgIpc) is 3.02. The second kappa shape index (κ2) is 6.04. The molecule has 18 heavy (non-hydrogen) atoms. The molecule has 1 aliphatic carbocycles. The normalized spacial score (nSPS) is 15.3. The first kappa shape index (κ1) is 14.8. The van der Waals surface area contributed by atoms with E-state index < -0.39 is 11.6 Å². The molecule has 0 unspecified atom stereocenters. The van der Waals surface area contributed by atoms with Crippen LogP contribution in [0.25, 0.3) is 0 Å². The Morgan fingerprint density at radius 2 is 2.00 bits per heavy atom. The van der Waals surface area contributed by atoms with Gasteiger partial charge in [0, 0.05) is 19.0 Å². The Balaban J connectivity index is 2.34. The Labute approximate surface area is 107 Å². The van der Waals surface area contributed by atoms with E-state index in [1.807, 2.05) is 0 Å². The monoisotopic (exact) mass is 258 g/mol. The third kappa shape index (κ3) is 5.86. The number of urea groups is 1. The van der Waals surface area contributed by atoms with Gasteiger partial charge >= 0.3 is 12.0 Å². The molecule has 1 rings (SSSR count). The number of amides is 2. The van der Waals surface area contributed by atoms with Crippen molar-refractivity contribution in [2.75, 3.05) is 13.1 Å². The third-order valence-corrected chi connectivity index (χ3v) is 2.65. The van der Waals surface area contributed by atoms with E-state index in [1.165, 1.54) is 0 Å². The van der Waals surface area contributed by atoms with Crippen LogP contribution in [0.2, 0.25) is 0 Å². The zero-order valence-electron chi connectivity index (χ0n) is 11.0. The summed E-state index contributed by atoms with van der Waals surface area (Å²) in [5.41, 5.74) is -0.916. The number of carbonyl (C=O) groups is 2. The molecule has 0 aromatic rings. The molecule has 2 amide bonds. The minimum absolute atomic E-state index is 0.0508. The zero-order valence-corrected chi connectivity index (χ0v) is 11.0. The number of nitrogens with zero attached hydrogens (tertiary/aromatic N) is 1. The van der Waals surface area contributed by atoms with E-state index in [1.54, 1.807) is 18.7 Å². The lowest BCUT2D eigenvalue weighted by Gasteiger charge is -2.29. The maximum atomic E-state index is 11.9. The van der Waals surface area contributed by atoms with Crippen molar-refractivity contribution in [3.63, 3.8) is 0 Å². The lowest BCUT2D eigenvalue weighted by molar-refractivity contribution is -0.137. The Kier molecular flexibility index (Phi) is 4.95. The summed E-state index contributed by atoms with van der Waals surface area (Å²) >= 11 is 0. The van der Waals surface area contributed by atoms with Gasteiger partial charge in [-0.25, -0.2) is 4.79 Å². The number of rotatable bonds is 7. The SMILES string of the molecule is CC(C)(O)CN(C(=O)NCCCC(=O)O)C1CC1. The van der Waals surface area contributed by atoms with Crippen LogP contribution in [-0.4, -0.2) is 51.8 Å². The summed E-state index contributed by atoms with van der Waals surface area (Å²) in [7, 11) is 0. The molecule has 1 fully saturated rings. The summed E-state index contributed by atoms with van der Waals surface area (Å²) in [5, 5.41) is 20.9. The summed E-state index contributed by atoms with van der Waals surface area (Å²) in [4.78, 5) is 23.9. The van der Waals surface area contributed by atoms with Crippen molar-refractivity contribution >= 4 is 12.0 Å². The van der Waals surface area contributed by atoms with E-state index >= 15 is 0 Å². The van der Waals surface area contributed by atoms with Crippen molar-refractivity contribution in [1.82, 2.24) is 10.2 Å². The molecule has 0 aromatic carbocycles. The molecule has 0 radical (unpaired) electrons. The van der Waals surface area contributed by atoms with E-state index in [0.717, 1.165) is 12.8 Å². The molecular formula is C12H22N2O4. The molecule has 104 valence electrons. The predicted octanol–water partition coefficient (Wildman–Crippen LogP) is 0.796. The highest BCUT2D eigenvalue weighted by molar-refractivity contribution is 5.75. The number of hydrogen-bond donors (Lipinski definition) is 3. The number of carbonyl (C=O) groups excluding carboxylic acids is 1. The number of aliphatic carboxylic acids is 1. The summed E-state index contributed by atoms with van der Waals surface area (Å²) in [5.74, 6) is -0.861. The number of carboxylic acid groups (broad SMARTS) is 1. The van der Waals surface area contributed by atoms with Crippen LogP contribution in [0, 0.1) is 0 Å². The van der Waals surface area contributed by atoms with E-state index in [0.29, 0.717) is 19.5 Å². The second-order valence-electron chi connectivity index (χ2n) is 5.40. The lowest BCUT2D eigenvalue weighted by Crippen LogP contribution is -2.48. The number of hydrogen-bond acceptors (Lipinski definition) is 3. The zero-order chi connectivity index (χ0) is 13.8. The van der Waals surface area contributed by atoms with Gasteiger partial charge in [-0.1, -0.05) is 0 Å². The van der Waals surface area contributed by atoms with E-state index in [2.05, 4.69) is 5.32 Å². The largest absolute Gasteiger partial charge is 0.481 e. The van der Waals surface area contributed by atoms with Crippen LogP contribution in [0.1, 0.15) is 39.5 Å². The average molecular weight is 258 g/mol. The Morgan fingerprint density at radius 1 is 1.39 bits per heavy atom. The maximum Gasteiger partial charge on any atom is 0.317 e. The molecule has 0 bridgehead atoms. The second-order valence-corrected chi connectivity index (χ2v) is 5.40. The van der Waals surface area contributed by atoms with Crippen molar-refractivity contribution in [2.24, 2.45) is 0 Å². The summed E-state index contributed by atoms with van der Waals surface area (Å²) in [6.07, 6.45) is 2.41. The lowest BCUT2D eigenvalue weighted by atomic mass is 10.1. The van der Waals surface area contributed by atoms with Crippen molar-refractivity contribution in [1.29, 1.82) is 0 Å². The van der Waals surface area contributed by atoms with Gasteiger partial charge in [-0.05, 0) is 33.1 Å². The standard InChI is InChI=1S/C12H22N2O4/c1-12(2,18)8-14(9-5-6-9)11(17)13-7-3-4-10(15)16/h9,18H,3-8H2,1-2H3,(H,13,17)(H,15,16). The van der Waals surface area contributed by atoms with Gasteiger partial charge in [0.15, 0.2) is 0 Å². The molecule has 0 aliphatic heterocycles. The summed E-state index contributed by atoms with van der Waals surface area (Å²) in [6.45, 7) is 3.98. The van der Waals surface area contributed by atoms with Crippen molar-refractivity contribution in [3.05, 3.63) is 0 Å². The molecular weight excluding hydrogens is 236 g/mol. The number of carboxylic acids is 1. The fourth-order valence-corrected chi connectivity index (χ4v) is 1.71. The smallest absolute Gasteiger partial charge is 0.317 e. The van der Waals surface area contributed by atoms with Crippen molar-refractivity contribution < 1.29 is 19.8 Å². The Hall–Kier alpha value is -1.30. The Bertz CT molecular complexity index is 308. The van der Waals surface area contributed by atoms with E-state index in [4.69, 9.17) is 5.11 Å². The van der Waals surface area contributed by atoms with Crippen LogP contribution in [0.4, 0.5) is 4.79 Å². The van der Waals surface area contributed by atoms with Crippen molar-refractivity contribution in [2.45, 2.75) is 51.2 Å². The minimum atomic E-state index is -0.916. The van der Waals surface area contributed by atoms with Crippen LogP contribution in [-0.2, 0) is 4.79 Å². The van der Waals surface area contributed by atoms with Gasteiger partial charge in [-0.15, -0.1) is 0 Å². The molecule has 0 spiro atoms. The minimum Gasteiger partial charge on any atom is -0.481 e. The van der Waals surface area contributed by atoms with Crippen LogP contribution in [0.5, 0.6) is 0 Å². The van der Waals surface area contributed by atoms with Crippen LogP contribution in [0.3, 0.4) is 0 Å². The van der Waals surface area contributed by atoms with Gasteiger partial charge < -0.3 is 20.4 Å². The molecule has 3 N–H and O–H groups in total. The first-order valence-corrected chi connectivity index (χ1v) is 6.28. The van der Waals surface area contributed by atoms with E-state index in [9.17, 15) is 14.7 Å². The molecule has 1 aliphatic rings. The third-order valence-electron chi connectivity index (χ3n) is 2.65. The highest BCUT2D eigenvalue weighted by Crippen LogP contribution is 2.28. The quantitative estimate of drug-likeness (QED) is 0.589. The topological polar surface area (TPSA) is 89.9 Å². The molecule has 0 saturated heterocycles. The molecule has 0 aromatic heterocycles. The molecule has 6 heteroatoms. The highest BCUT2D eigenvalue weighted by Gasteiger charge is 2.35. The van der Waals surface area contributed by atoms with Crippen LogP contribution < -0.4 is 5.32 Å². The van der Waals surface area contributed by atoms with Crippen LogP contribution in [0.15, 0.2) is 0 Å². The van der Waals surface area contributed by atoms with Gasteiger partial charge in [0.2, 0.25) is 0 Å². The number of aliphatic hydroxyl groups is 1. The van der Waals surface area contributed by atoms with Gasteiger partial charge in [0.1, 0.15) is 0 Å². The van der Waals surface area contributed by atoms with Crippen LogP contribution >= 0.6 is 0 Å². The van der Waals surface area contributed by atoms with Gasteiger partial charge in [-0.2, -0.15) is 0 Å². The van der Waals surface area contributed by atoms with Gasteiger partial charge in [0.05, 0.1) is 12.1 Å². The number of nitrogens with one attached hydrogen (secondary N) is 1. The first-order valence-electron chi connectivity index (χ1n) is 6.28. The molecule has 1 saturated carbocycles.